The number of likely N-dealkylation sites (tertiary alicyclic amines) is 1. The molecule has 5 fully saturated rings. The maximum Gasteiger partial charge on any atom is 0.335 e. The van der Waals surface area contributed by atoms with E-state index in [1.807, 2.05) is 12.1 Å². The third kappa shape index (κ3) is 5.67. The Morgan fingerprint density at radius 1 is 0.863 bits per heavy atom. The number of aromatic carboxylic acids is 1. The quantitative estimate of drug-likeness (QED) is 0.274. The van der Waals surface area contributed by atoms with Crippen LogP contribution in [0.1, 0.15) is 148 Å². The van der Waals surface area contributed by atoms with Crippen molar-refractivity contribution in [3.05, 3.63) is 53.6 Å². The van der Waals surface area contributed by atoms with E-state index in [4.69, 9.17) is 0 Å². The number of carboxylic acid groups (broad SMARTS) is 1. The average Bonchev–Trinajstić information content (AvgIpc) is 3.47. The van der Waals surface area contributed by atoms with Gasteiger partial charge in [0.2, 0.25) is 0 Å². The maximum absolute atomic E-state index is 14.6. The lowest BCUT2D eigenvalue weighted by Gasteiger charge is -2.72. The molecule has 4 saturated carbocycles. The first-order valence-electron chi connectivity index (χ1n) is 20.5. The van der Waals surface area contributed by atoms with Crippen molar-refractivity contribution in [3.8, 4) is 0 Å². The minimum Gasteiger partial charge on any atom is -0.478 e. The van der Waals surface area contributed by atoms with Crippen LogP contribution in [-0.2, 0) is 4.79 Å². The average molecular weight is 700 g/mol. The van der Waals surface area contributed by atoms with Crippen molar-refractivity contribution >= 4 is 17.3 Å². The van der Waals surface area contributed by atoms with E-state index in [1.54, 1.807) is 19.1 Å². The van der Waals surface area contributed by atoms with Gasteiger partial charge in [-0.3, -0.25) is 4.79 Å². The summed E-state index contributed by atoms with van der Waals surface area (Å²) < 4.78 is 14.4. The van der Waals surface area contributed by atoms with Crippen molar-refractivity contribution in [2.75, 3.05) is 19.6 Å². The number of alkyl halides is 1. The number of Topliss-reactive ketones (excluding diaryl/α,β-unsaturated/α-hetero) is 1. The second kappa shape index (κ2) is 12.7. The normalized spacial score (nSPS) is 41.3. The van der Waals surface area contributed by atoms with Crippen LogP contribution in [0.15, 0.2) is 42.5 Å². The summed E-state index contributed by atoms with van der Waals surface area (Å²) >= 11 is 0. The van der Waals surface area contributed by atoms with Crippen LogP contribution in [0.3, 0.4) is 0 Å². The molecule has 1 aromatic rings. The fourth-order valence-electron chi connectivity index (χ4n) is 14.5. The Labute approximate surface area is 308 Å². The maximum atomic E-state index is 14.6. The molecule has 0 spiro atoms. The number of nitrogens with zero attached hydrogens (tertiary/aromatic N) is 1. The van der Waals surface area contributed by atoms with Crippen molar-refractivity contribution in [2.45, 2.75) is 138 Å². The van der Waals surface area contributed by atoms with E-state index < -0.39 is 11.6 Å². The van der Waals surface area contributed by atoms with E-state index in [0.29, 0.717) is 60.2 Å². The topological polar surface area (TPSA) is 57.6 Å². The number of carboxylic acids is 1. The molecule has 0 aromatic heterocycles. The van der Waals surface area contributed by atoms with Gasteiger partial charge in [0.25, 0.3) is 0 Å². The molecule has 1 heterocycles. The molecule has 9 atom stereocenters. The standard InChI is InChI=1S/C46H66FNO3/c1-30(2)33-17-22-46(38(49)10-9-27-48-28-25-42(5,47)26-29-48)24-23-44(7)35(39(33)46)15-16-37-43(6)20-18-34(31-11-13-32(14-12-31)40(50)51)41(3,4)36(43)19-21-45(37,44)8/h11-14,18,33,35-37,39H,1,9-10,15-17,19-29H2,2-8H3,(H,50,51)/t33-,35+,36-,37+,39+,43-,44+,45+,46+/m0/s1. The van der Waals surface area contributed by atoms with E-state index in [0.717, 1.165) is 63.7 Å². The zero-order valence-electron chi connectivity index (χ0n) is 32.9. The van der Waals surface area contributed by atoms with Gasteiger partial charge in [-0.25, -0.2) is 9.18 Å². The van der Waals surface area contributed by atoms with E-state index in [9.17, 15) is 19.1 Å². The molecule has 51 heavy (non-hydrogen) atoms. The highest BCUT2D eigenvalue weighted by atomic mass is 19.1. The highest BCUT2D eigenvalue weighted by Crippen LogP contribution is 2.78. The molecule has 6 aliphatic rings. The summed E-state index contributed by atoms with van der Waals surface area (Å²) in [5.41, 5.74) is 3.49. The number of hydrogen-bond donors (Lipinski definition) is 1. The van der Waals surface area contributed by atoms with Gasteiger partial charge < -0.3 is 10.0 Å². The van der Waals surface area contributed by atoms with Crippen LogP contribution in [0.25, 0.3) is 5.57 Å². The van der Waals surface area contributed by atoms with Gasteiger partial charge in [0.05, 0.1) is 5.56 Å². The van der Waals surface area contributed by atoms with E-state index in [1.165, 1.54) is 36.8 Å². The Hall–Kier alpha value is -2.27. The van der Waals surface area contributed by atoms with Crippen LogP contribution in [0.2, 0.25) is 0 Å². The van der Waals surface area contributed by atoms with Crippen LogP contribution in [0.5, 0.6) is 0 Å². The van der Waals surface area contributed by atoms with Crippen LogP contribution in [0, 0.1) is 56.7 Å². The third-order valence-electron chi connectivity index (χ3n) is 17.4. The summed E-state index contributed by atoms with van der Waals surface area (Å²) in [5, 5.41) is 9.49. The number of ketones is 1. The Bertz CT molecular complexity index is 1580. The summed E-state index contributed by atoms with van der Waals surface area (Å²) in [7, 11) is 0. The molecule has 7 rings (SSSR count). The Kier molecular flexibility index (Phi) is 9.20. The molecule has 4 nitrogen and oxygen atoms in total. The second-order valence-corrected chi connectivity index (χ2v) is 20.0. The Morgan fingerprint density at radius 3 is 2.20 bits per heavy atom. The second-order valence-electron chi connectivity index (χ2n) is 20.0. The lowest BCUT2D eigenvalue weighted by Crippen LogP contribution is -2.65. The number of piperidine rings is 1. The number of benzene rings is 1. The summed E-state index contributed by atoms with van der Waals surface area (Å²) in [6.45, 7) is 23.9. The highest BCUT2D eigenvalue weighted by Gasteiger charge is 2.71. The number of rotatable bonds is 8. The molecular formula is C46H66FNO3. The first-order valence-corrected chi connectivity index (χ1v) is 20.5. The molecule has 1 aliphatic heterocycles. The third-order valence-corrected chi connectivity index (χ3v) is 17.4. The highest BCUT2D eigenvalue weighted by molar-refractivity contribution is 5.88. The van der Waals surface area contributed by atoms with Gasteiger partial charge >= 0.3 is 5.97 Å². The van der Waals surface area contributed by atoms with Crippen molar-refractivity contribution in [2.24, 2.45) is 56.7 Å². The molecule has 0 amide bonds. The van der Waals surface area contributed by atoms with Gasteiger partial charge in [0.1, 0.15) is 11.5 Å². The summed E-state index contributed by atoms with van der Waals surface area (Å²) in [6.07, 6.45) is 15.6. The van der Waals surface area contributed by atoms with Crippen LogP contribution in [-0.4, -0.2) is 47.1 Å². The molecule has 280 valence electrons. The fraction of sp³-hybridized carbons (Fsp3) is 0.739. The van der Waals surface area contributed by atoms with Gasteiger partial charge in [-0.15, -0.1) is 0 Å². The first-order chi connectivity index (χ1) is 23.9. The number of halogens is 1. The molecule has 1 aromatic carbocycles. The van der Waals surface area contributed by atoms with Crippen LogP contribution in [0.4, 0.5) is 4.39 Å². The number of allylic oxidation sites excluding steroid dienone is 3. The number of carbonyl (C=O) groups excluding carboxylic acids is 1. The van der Waals surface area contributed by atoms with Crippen molar-refractivity contribution in [1.29, 1.82) is 0 Å². The summed E-state index contributed by atoms with van der Waals surface area (Å²) in [4.78, 5) is 28.6. The van der Waals surface area contributed by atoms with Gasteiger partial charge in [-0.2, -0.15) is 0 Å². The van der Waals surface area contributed by atoms with Gasteiger partial charge in [0.15, 0.2) is 0 Å². The SMILES string of the molecule is C=C(C)[C@@H]1CC[C@]2(C(=O)CCCN3CCC(C)(F)CC3)CC[C@]3(C)[C@H](CC[C@@H]4[C@@]5(C)CC=C(c6ccc(C(=O)O)cc6)C(C)(C)[C@@H]5CC[C@]43C)[C@@H]12. The number of carbonyl (C=O) groups is 2. The molecule has 5 aliphatic carbocycles. The van der Waals surface area contributed by atoms with Gasteiger partial charge in [-0.05, 0) is 172 Å². The van der Waals surface area contributed by atoms with Gasteiger partial charge in [-0.1, -0.05) is 65.0 Å². The molecule has 1 saturated heterocycles. The zero-order valence-corrected chi connectivity index (χ0v) is 32.9. The lowest BCUT2D eigenvalue weighted by molar-refractivity contribution is -0.224. The molecule has 5 heteroatoms. The predicted octanol–water partition coefficient (Wildman–Crippen LogP) is 11.2. The fourth-order valence-corrected chi connectivity index (χ4v) is 14.5. The largest absolute Gasteiger partial charge is 0.478 e. The smallest absolute Gasteiger partial charge is 0.335 e. The zero-order chi connectivity index (χ0) is 36.8. The summed E-state index contributed by atoms with van der Waals surface area (Å²) in [5.74, 6) is 2.20. The van der Waals surface area contributed by atoms with E-state index >= 15 is 0 Å². The van der Waals surface area contributed by atoms with Crippen LogP contribution < -0.4 is 0 Å². The van der Waals surface area contributed by atoms with Crippen molar-refractivity contribution < 1.29 is 19.1 Å². The number of hydrogen-bond acceptors (Lipinski definition) is 3. The predicted molar refractivity (Wildman–Crippen MR) is 205 cm³/mol. The monoisotopic (exact) mass is 700 g/mol. The molecule has 0 unspecified atom stereocenters. The molecular weight excluding hydrogens is 634 g/mol. The van der Waals surface area contributed by atoms with E-state index in [2.05, 4.69) is 59.1 Å². The molecule has 0 bridgehead atoms. The lowest BCUT2D eigenvalue weighted by atomic mass is 9.32. The summed E-state index contributed by atoms with van der Waals surface area (Å²) in [6, 6.07) is 7.55. The Balaban J connectivity index is 1.14. The number of fused-ring (bicyclic) bond motifs is 7. The Morgan fingerprint density at radius 2 is 1.55 bits per heavy atom. The minimum atomic E-state index is -1.04. The molecule has 0 radical (unpaired) electrons. The van der Waals surface area contributed by atoms with E-state index in [-0.39, 0.29) is 27.1 Å². The first kappa shape index (κ1) is 37.1. The van der Waals surface area contributed by atoms with Crippen molar-refractivity contribution in [3.63, 3.8) is 0 Å². The molecule has 1 N–H and O–H groups in total. The van der Waals surface area contributed by atoms with Crippen LogP contribution >= 0.6 is 0 Å². The van der Waals surface area contributed by atoms with Gasteiger partial charge in [0, 0.05) is 24.9 Å². The van der Waals surface area contributed by atoms with Crippen molar-refractivity contribution in [1.82, 2.24) is 4.90 Å². The minimum absolute atomic E-state index is 0.0127.